The Hall–Kier alpha value is -0.870. The molecule has 0 aliphatic heterocycles. The van der Waals surface area contributed by atoms with Crippen molar-refractivity contribution in [1.82, 2.24) is 0 Å². The minimum Gasteiger partial charge on any atom is -0.481 e. The first kappa shape index (κ1) is 25.1. The number of allylic oxidation sites excluding steroid dienone is 1. The first-order valence-electron chi connectivity index (χ1n) is 10.9. The summed E-state index contributed by atoms with van der Waals surface area (Å²) in [6.07, 6.45) is 15.0. The number of nitrogens with zero attached hydrogens (tertiary/aromatic N) is 1. The van der Waals surface area contributed by atoms with E-state index in [2.05, 4.69) is 26.8 Å². The molecule has 1 atom stereocenters. The first-order valence-corrected chi connectivity index (χ1v) is 10.9. The van der Waals surface area contributed by atoms with E-state index in [4.69, 9.17) is 5.11 Å². The Morgan fingerprint density at radius 3 is 1.92 bits per heavy atom. The van der Waals surface area contributed by atoms with Gasteiger partial charge in [-0.3, -0.25) is 4.79 Å². The Morgan fingerprint density at radius 1 is 0.885 bits per heavy atom. The summed E-state index contributed by atoms with van der Waals surface area (Å²) in [7, 11) is 0. The minimum absolute atomic E-state index is 0.226. The van der Waals surface area contributed by atoms with Gasteiger partial charge in [-0.15, -0.1) is 0 Å². The van der Waals surface area contributed by atoms with E-state index in [0.717, 1.165) is 56.3 Å². The van der Waals surface area contributed by atoms with Crippen molar-refractivity contribution >= 4 is 5.97 Å². The van der Waals surface area contributed by atoms with Crippen LogP contribution < -0.4 is 0 Å². The van der Waals surface area contributed by atoms with Crippen LogP contribution in [-0.4, -0.2) is 52.9 Å². The molecule has 0 heterocycles. The molecule has 0 rings (SSSR count). The van der Waals surface area contributed by atoms with Crippen LogP contribution in [-0.2, 0) is 4.79 Å². The predicted molar refractivity (Wildman–Crippen MR) is 110 cm³/mol. The maximum atomic E-state index is 11.0. The molecule has 0 aromatic rings. The van der Waals surface area contributed by atoms with Gasteiger partial charge in [-0.25, -0.2) is 0 Å². The lowest BCUT2D eigenvalue weighted by atomic mass is 10.1. The minimum atomic E-state index is -0.717. The molecule has 0 radical (unpaired) electrons. The highest BCUT2D eigenvalue weighted by atomic mass is 16.4. The quantitative estimate of drug-likeness (QED) is 0.199. The first-order chi connectivity index (χ1) is 12.5. The van der Waals surface area contributed by atoms with E-state index in [1.807, 2.05) is 6.08 Å². The number of aliphatic hydroxyl groups is 1. The summed E-state index contributed by atoms with van der Waals surface area (Å²) in [4.78, 5) is 11.0. The van der Waals surface area contributed by atoms with Crippen LogP contribution in [0, 0.1) is 0 Å². The predicted octanol–water partition coefficient (Wildman–Crippen LogP) is 5.16. The molecule has 1 unspecified atom stereocenters. The summed E-state index contributed by atoms with van der Waals surface area (Å²) in [5.74, 6) is -0.717. The molecule has 26 heavy (non-hydrogen) atoms. The van der Waals surface area contributed by atoms with E-state index >= 15 is 0 Å². The highest BCUT2D eigenvalue weighted by Crippen LogP contribution is 2.18. The Morgan fingerprint density at radius 2 is 1.42 bits per heavy atom. The zero-order chi connectivity index (χ0) is 19.7. The number of carboxylic acids is 1. The van der Waals surface area contributed by atoms with Crippen molar-refractivity contribution in [3.8, 4) is 0 Å². The fourth-order valence-corrected chi connectivity index (χ4v) is 3.60. The highest BCUT2D eigenvalue weighted by molar-refractivity contribution is 5.66. The van der Waals surface area contributed by atoms with E-state index in [0.29, 0.717) is 6.42 Å². The molecule has 0 spiro atoms. The molecular formula is C22H44NO3+. The Bertz CT molecular complexity index is 358. The van der Waals surface area contributed by atoms with Gasteiger partial charge >= 0.3 is 5.97 Å². The molecule has 4 heteroatoms. The molecule has 0 fully saturated rings. The largest absolute Gasteiger partial charge is 0.481 e. The van der Waals surface area contributed by atoms with Crippen molar-refractivity contribution in [3.05, 3.63) is 12.2 Å². The normalized spacial score (nSPS) is 13.4. The number of aliphatic carboxylic acids is 1. The Labute approximate surface area is 161 Å². The number of rotatable bonds is 18. The highest BCUT2D eigenvalue weighted by Gasteiger charge is 2.28. The molecule has 0 aliphatic rings. The van der Waals surface area contributed by atoms with Gasteiger partial charge in [0.05, 0.1) is 26.1 Å². The fourth-order valence-electron chi connectivity index (χ4n) is 3.60. The maximum absolute atomic E-state index is 11.0. The Kier molecular flexibility index (Phi) is 15.8. The van der Waals surface area contributed by atoms with Crippen LogP contribution in [0.5, 0.6) is 0 Å². The van der Waals surface area contributed by atoms with Gasteiger partial charge in [0.2, 0.25) is 0 Å². The van der Waals surface area contributed by atoms with Crippen molar-refractivity contribution in [2.24, 2.45) is 0 Å². The Balaban J connectivity index is 4.97. The van der Waals surface area contributed by atoms with Crippen LogP contribution in [0.3, 0.4) is 0 Å². The summed E-state index contributed by atoms with van der Waals surface area (Å²) >= 11 is 0. The van der Waals surface area contributed by atoms with Crippen LogP contribution in [0.1, 0.15) is 91.4 Å². The third-order valence-electron chi connectivity index (χ3n) is 5.15. The van der Waals surface area contributed by atoms with Gasteiger partial charge in [0, 0.05) is 6.42 Å². The van der Waals surface area contributed by atoms with Gasteiger partial charge < -0.3 is 14.7 Å². The van der Waals surface area contributed by atoms with Gasteiger partial charge in [-0.2, -0.15) is 0 Å². The summed E-state index contributed by atoms with van der Waals surface area (Å²) in [5, 5.41) is 19.6. The van der Waals surface area contributed by atoms with Gasteiger partial charge in [0.1, 0.15) is 12.6 Å². The fraction of sp³-hybridized carbons (Fsp3) is 0.864. The molecule has 0 aromatic carbocycles. The summed E-state index contributed by atoms with van der Waals surface area (Å²) in [5.41, 5.74) is 0. The average Bonchev–Trinajstić information content (AvgIpc) is 2.59. The number of aliphatic hydroxyl groups excluding tert-OH is 1. The van der Waals surface area contributed by atoms with Crippen LogP contribution >= 0.6 is 0 Å². The summed E-state index contributed by atoms with van der Waals surface area (Å²) in [6, 6.07) is 0. The lowest BCUT2D eigenvalue weighted by Gasteiger charge is -2.40. The van der Waals surface area contributed by atoms with Gasteiger partial charge in [-0.05, 0) is 32.1 Å². The molecule has 0 aromatic heterocycles. The average molecular weight is 371 g/mol. The van der Waals surface area contributed by atoms with E-state index in [1.54, 1.807) is 0 Å². The smallest absolute Gasteiger partial charge is 0.303 e. The third kappa shape index (κ3) is 13.3. The molecule has 0 saturated carbocycles. The molecule has 0 bridgehead atoms. The van der Waals surface area contributed by atoms with E-state index in [1.165, 1.54) is 32.1 Å². The standard InChI is InChI=1S/C22H43NO3/c1-4-7-10-11-15-21(24)20-23(17-12-8-5-2,18-13-9-6-3)19-14-16-22(25)26/h11,15,21,24H,4-10,12-14,16-20H2,1-3H3/p+1/b15-11+. The third-order valence-corrected chi connectivity index (χ3v) is 5.15. The van der Waals surface area contributed by atoms with Crippen LogP contribution in [0.15, 0.2) is 12.2 Å². The number of hydrogen-bond donors (Lipinski definition) is 2. The summed E-state index contributed by atoms with van der Waals surface area (Å²) in [6.45, 7) is 10.3. The van der Waals surface area contributed by atoms with E-state index < -0.39 is 12.1 Å². The lowest BCUT2D eigenvalue weighted by molar-refractivity contribution is -0.930. The van der Waals surface area contributed by atoms with Gasteiger partial charge in [-0.1, -0.05) is 58.6 Å². The van der Waals surface area contributed by atoms with Crippen LogP contribution in [0.25, 0.3) is 0 Å². The molecule has 2 N–H and O–H groups in total. The number of unbranched alkanes of at least 4 members (excludes halogenated alkanes) is 6. The van der Waals surface area contributed by atoms with E-state index in [9.17, 15) is 9.90 Å². The lowest BCUT2D eigenvalue weighted by Crippen LogP contribution is -2.53. The topological polar surface area (TPSA) is 57.5 Å². The second-order valence-corrected chi connectivity index (χ2v) is 7.74. The van der Waals surface area contributed by atoms with Crippen molar-refractivity contribution < 1.29 is 19.5 Å². The number of carbonyl (C=O) groups is 1. The van der Waals surface area contributed by atoms with Crippen molar-refractivity contribution in [3.63, 3.8) is 0 Å². The molecule has 154 valence electrons. The van der Waals surface area contributed by atoms with Gasteiger partial charge in [0.25, 0.3) is 0 Å². The molecular weight excluding hydrogens is 326 g/mol. The second-order valence-electron chi connectivity index (χ2n) is 7.74. The van der Waals surface area contributed by atoms with Crippen molar-refractivity contribution in [2.45, 2.75) is 97.5 Å². The molecule has 4 nitrogen and oxygen atoms in total. The van der Waals surface area contributed by atoms with Crippen LogP contribution in [0.2, 0.25) is 0 Å². The number of quaternary nitrogens is 1. The monoisotopic (exact) mass is 370 g/mol. The number of carboxylic acid groups (broad SMARTS) is 1. The zero-order valence-corrected chi connectivity index (χ0v) is 17.6. The van der Waals surface area contributed by atoms with Crippen molar-refractivity contribution in [2.75, 3.05) is 26.2 Å². The van der Waals surface area contributed by atoms with E-state index in [-0.39, 0.29) is 6.42 Å². The van der Waals surface area contributed by atoms with Gasteiger partial charge in [0.15, 0.2) is 0 Å². The second kappa shape index (κ2) is 16.3. The zero-order valence-electron chi connectivity index (χ0n) is 17.6. The van der Waals surface area contributed by atoms with Crippen LogP contribution in [0.4, 0.5) is 0 Å². The molecule has 0 aliphatic carbocycles. The summed E-state index contributed by atoms with van der Waals surface area (Å²) < 4.78 is 0.868. The molecule has 0 saturated heterocycles. The SMILES string of the molecule is CCCC/C=C/C(O)C[N+](CCCCC)(CCCCC)CCCC(=O)O. The van der Waals surface area contributed by atoms with Crippen molar-refractivity contribution in [1.29, 1.82) is 0 Å². The maximum Gasteiger partial charge on any atom is 0.303 e. The molecule has 0 amide bonds. The number of hydrogen-bond acceptors (Lipinski definition) is 2.